The molecule has 74 valence electrons. The van der Waals surface area contributed by atoms with E-state index < -0.39 is 5.82 Å². The fourth-order valence-electron chi connectivity index (χ4n) is 1.26. The number of methoxy groups -OCH3 is 1. The van der Waals surface area contributed by atoms with Gasteiger partial charge in [0.1, 0.15) is 0 Å². The first kappa shape index (κ1) is 10.8. The van der Waals surface area contributed by atoms with Crippen LogP contribution in [0.5, 0.6) is 5.75 Å². The molecule has 14 heavy (non-hydrogen) atoms. The van der Waals surface area contributed by atoms with Crippen LogP contribution >= 0.6 is 11.6 Å². The molecule has 0 saturated heterocycles. The van der Waals surface area contributed by atoms with Crippen LogP contribution in [0.3, 0.4) is 0 Å². The molecule has 0 aliphatic carbocycles. The number of ether oxygens (including phenoxy) is 1. The van der Waals surface area contributed by atoms with Crippen LogP contribution in [0.4, 0.5) is 4.39 Å². The molecular weight excluding hydrogens is 205 g/mol. The third-order valence-electron chi connectivity index (χ3n) is 1.91. The first-order valence-electron chi connectivity index (χ1n) is 4.00. The molecule has 0 fully saturated rings. The van der Waals surface area contributed by atoms with E-state index in [2.05, 4.69) is 0 Å². The third kappa shape index (κ3) is 1.80. The number of hydrogen-bond acceptors (Lipinski definition) is 2. The zero-order chi connectivity index (χ0) is 10.7. The lowest BCUT2D eigenvalue weighted by atomic mass is 10.1. The Bertz CT molecular complexity index is 398. The van der Waals surface area contributed by atoms with Crippen molar-refractivity contribution in [3.8, 4) is 11.8 Å². The second-order valence-electron chi connectivity index (χ2n) is 2.84. The monoisotopic (exact) mass is 213 g/mol. The van der Waals surface area contributed by atoms with Crippen molar-refractivity contribution in [2.45, 2.75) is 13.3 Å². The highest BCUT2D eigenvalue weighted by atomic mass is 35.5. The minimum absolute atomic E-state index is 0.0423. The predicted molar refractivity (Wildman–Crippen MR) is 52.0 cm³/mol. The van der Waals surface area contributed by atoms with Crippen molar-refractivity contribution in [3.63, 3.8) is 0 Å². The number of hydrogen-bond donors (Lipinski definition) is 0. The van der Waals surface area contributed by atoms with E-state index in [0.717, 1.165) is 0 Å². The molecule has 0 saturated carbocycles. The molecule has 0 aliphatic rings. The molecule has 0 bridgehead atoms. The Balaban J connectivity index is 3.41. The maximum atomic E-state index is 13.3. The van der Waals surface area contributed by atoms with Gasteiger partial charge < -0.3 is 4.74 Å². The van der Waals surface area contributed by atoms with Gasteiger partial charge in [-0.1, -0.05) is 11.6 Å². The van der Waals surface area contributed by atoms with Gasteiger partial charge in [0, 0.05) is 5.56 Å². The third-order valence-corrected chi connectivity index (χ3v) is 2.43. The highest BCUT2D eigenvalue weighted by Crippen LogP contribution is 2.32. The first-order valence-corrected chi connectivity index (χ1v) is 4.38. The molecule has 0 amide bonds. The van der Waals surface area contributed by atoms with Gasteiger partial charge >= 0.3 is 0 Å². The minimum Gasteiger partial charge on any atom is -0.493 e. The summed E-state index contributed by atoms with van der Waals surface area (Å²) in [4.78, 5) is 0. The lowest BCUT2D eigenvalue weighted by Crippen LogP contribution is -1.97. The van der Waals surface area contributed by atoms with Crippen LogP contribution in [-0.2, 0) is 6.42 Å². The van der Waals surface area contributed by atoms with Gasteiger partial charge in [0.15, 0.2) is 11.6 Å². The maximum absolute atomic E-state index is 13.3. The van der Waals surface area contributed by atoms with E-state index in [-0.39, 0.29) is 12.2 Å². The van der Waals surface area contributed by atoms with Crippen LogP contribution in [0.2, 0.25) is 5.02 Å². The topological polar surface area (TPSA) is 33.0 Å². The number of aryl methyl sites for hydroxylation is 1. The Kier molecular flexibility index (Phi) is 3.32. The maximum Gasteiger partial charge on any atom is 0.165 e. The van der Waals surface area contributed by atoms with E-state index >= 15 is 0 Å². The molecule has 0 radical (unpaired) electrons. The van der Waals surface area contributed by atoms with Crippen molar-refractivity contribution >= 4 is 11.6 Å². The summed E-state index contributed by atoms with van der Waals surface area (Å²) in [5.74, 6) is -0.429. The summed E-state index contributed by atoms with van der Waals surface area (Å²) in [7, 11) is 1.35. The van der Waals surface area contributed by atoms with Gasteiger partial charge in [-0.25, -0.2) is 4.39 Å². The number of rotatable bonds is 2. The van der Waals surface area contributed by atoms with Crippen LogP contribution < -0.4 is 4.74 Å². The lowest BCUT2D eigenvalue weighted by Gasteiger charge is -2.10. The summed E-state index contributed by atoms with van der Waals surface area (Å²) in [5, 5.41) is 8.95. The van der Waals surface area contributed by atoms with Gasteiger partial charge in [0.25, 0.3) is 0 Å². The first-order chi connectivity index (χ1) is 6.61. The highest BCUT2D eigenvalue weighted by molar-refractivity contribution is 6.32. The van der Waals surface area contributed by atoms with Crippen molar-refractivity contribution in [2.75, 3.05) is 7.11 Å². The van der Waals surface area contributed by atoms with Crippen molar-refractivity contribution in [1.29, 1.82) is 5.26 Å². The summed E-state index contributed by atoms with van der Waals surface area (Å²) in [5.41, 5.74) is 1.02. The molecule has 4 heteroatoms. The van der Waals surface area contributed by atoms with Gasteiger partial charge in [0.05, 0.1) is 24.6 Å². The van der Waals surface area contributed by atoms with Crippen LogP contribution in [0.25, 0.3) is 0 Å². The molecule has 0 spiro atoms. The summed E-state index contributed by atoms with van der Waals surface area (Å²) < 4.78 is 18.2. The quantitative estimate of drug-likeness (QED) is 0.757. The fourth-order valence-corrected chi connectivity index (χ4v) is 1.47. The minimum atomic E-state index is -0.486. The normalized spacial score (nSPS) is 9.64. The van der Waals surface area contributed by atoms with Gasteiger partial charge in [-0.2, -0.15) is 5.26 Å². The van der Waals surface area contributed by atoms with Crippen LogP contribution in [0, 0.1) is 24.1 Å². The molecule has 0 N–H and O–H groups in total. The summed E-state index contributed by atoms with van der Waals surface area (Å²) in [6, 6.07) is 3.22. The second-order valence-corrected chi connectivity index (χ2v) is 3.21. The molecule has 0 heterocycles. The van der Waals surface area contributed by atoms with Gasteiger partial charge in [-0.15, -0.1) is 0 Å². The van der Waals surface area contributed by atoms with E-state index in [4.69, 9.17) is 21.6 Å². The molecule has 0 unspecified atom stereocenters. The lowest BCUT2D eigenvalue weighted by molar-refractivity contribution is 0.382. The van der Waals surface area contributed by atoms with E-state index in [0.29, 0.717) is 16.1 Å². The standard InChI is InChI=1S/C10H9ClFNO/c1-6-5-8(12)10(14-2)7(3-4-13)9(6)11/h5H,3H2,1-2H3. The van der Waals surface area contributed by atoms with Gasteiger partial charge in [0.2, 0.25) is 0 Å². The van der Waals surface area contributed by atoms with Crippen molar-refractivity contribution in [2.24, 2.45) is 0 Å². The highest BCUT2D eigenvalue weighted by Gasteiger charge is 2.15. The molecular formula is C10H9ClFNO. The van der Waals surface area contributed by atoms with E-state index in [1.165, 1.54) is 13.2 Å². The summed E-state index contributed by atoms with van der Waals surface area (Å²) >= 11 is 5.93. The van der Waals surface area contributed by atoms with Crippen LogP contribution in [0.15, 0.2) is 6.07 Å². The Hall–Kier alpha value is -1.27. The average Bonchev–Trinajstić information content (AvgIpc) is 2.14. The van der Waals surface area contributed by atoms with Gasteiger partial charge in [-0.3, -0.25) is 0 Å². The van der Waals surface area contributed by atoms with Gasteiger partial charge in [-0.05, 0) is 18.6 Å². The Morgan fingerprint density at radius 1 is 1.64 bits per heavy atom. The second kappa shape index (κ2) is 4.30. The average molecular weight is 214 g/mol. The zero-order valence-corrected chi connectivity index (χ0v) is 8.65. The van der Waals surface area contributed by atoms with Crippen molar-refractivity contribution in [1.82, 2.24) is 0 Å². The predicted octanol–water partition coefficient (Wildman–Crippen LogP) is 2.86. The Labute approximate surface area is 86.9 Å². The SMILES string of the molecule is COc1c(F)cc(C)c(Cl)c1CC#N. The number of benzene rings is 1. The molecule has 2 nitrogen and oxygen atoms in total. The number of halogens is 2. The molecule has 0 aromatic heterocycles. The van der Waals surface area contributed by atoms with E-state index in [1.807, 2.05) is 6.07 Å². The van der Waals surface area contributed by atoms with Crippen molar-refractivity contribution in [3.05, 3.63) is 28.0 Å². The molecule has 1 aromatic rings. The van der Waals surface area contributed by atoms with E-state index in [9.17, 15) is 4.39 Å². The molecule has 1 aromatic carbocycles. The summed E-state index contributed by atoms with van der Waals surface area (Å²) in [6.45, 7) is 1.69. The van der Waals surface area contributed by atoms with E-state index in [1.54, 1.807) is 6.92 Å². The Morgan fingerprint density at radius 2 is 2.29 bits per heavy atom. The zero-order valence-electron chi connectivity index (χ0n) is 7.90. The van der Waals surface area contributed by atoms with Crippen LogP contribution in [-0.4, -0.2) is 7.11 Å². The Morgan fingerprint density at radius 3 is 2.79 bits per heavy atom. The van der Waals surface area contributed by atoms with Crippen molar-refractivity contribution < 1.29 is 9.13 Å². The fraction of sp³-hybridized carbons (Fsp3) is 0.300. The number of nitriles is 1. The van der Waals surface area contributed by atoms with Crippen LogP contribution in [0.1, 0.15) is 11.1 Å². The smallest absolute Gasteiger partial charge is 0.165 e. The molecule has 0 atom stereocenters. The molecule has 1 rings (SSSR count). The molecule has 0 aliphatic heterocycles. The summed E-state index contributed by atoms with van der Waals surface area (Å²) in [6.07, 6.45) is 0.0423. The largest absolute Gasteiger partial charge is 0.493 e. The number of nitrogens with zero attached hydrogens (tertiary/aromatic N) is 1.